The van der Waals surface area contributed by atoms with E-state index < -0.39 is 0 Å². The summed E-state index contributed by atoms with van der Waals surface area (Å²) in [5.41, 5.74) is 9.26. The standard InChI is InChI=1S/C42H26O/c1-2-12-27(13-3-1)41-33-17-6-8-19-35(33)42(36-20-9-7-18-34(36)41)38-26-30(24-29-14-4-5-15-31(29)38)28-22-23-40-37(25-28)32-16-10-11-21-39(32)43-40/h1-26H. The summed E-state index contributed by atoms with van der Waals surface area (Å²) in [6.45, 7) is 0. The third-order valence-corrected chi connectivity index (χ3v) is 8.84. The van der Waals surface area contributed by atoms with Gasteiger partial charge in [-0.25, -0.2) is 0 Å². The van der Waals surface area contributed by atoms with Crippen molar-refractivity contribution in [1.29, 1.82) is 0 Å². The molecule has 1 nitrogen and oxygen atoms in total. The van der Waals surface area contributed by atoms with Crippen LogP contribution in [0.4, 0.5) is 0 Å². The number of rotatable bonds is 3. The number of hydrogen-bond acceptors (Lipinski definition) is 1. The molecule has 200 valence electrons. The predicted octanol–water partition coefficient (Wildman–Crippen LogP) is 12.0. The highest BCUT2D eigenvalue weighted by Crippen LogP contribution is 2.46. The smallest absolute Gasteiger partial charge is 0.135 e. The normalized spacial score (nSPS) is 11.7. The lowest BCUT2D eigenvalue weighted by atomic mass is 9.84. The first kappa shape index (κ1) is 24.0. The van der Waals surface area contributed by atoms with E-state index in [9.17, 15) is 0 Å². The highest BCUT2D eigenvalue weighted by molar-refractivity contribution is 6.24. The molecule has 0 bridgehead atoms. The van der Waals surface area contributed by atoms with Gasteiger partial charge in [-0.15, -0.1) is 0 Å². The first-order chi connectivity index (χ1) is 21.3. The molecule has 1 heterocycles. The fourth-order valence-electron chi connectivity index (χ4n) is 6.92. The molecule has 1 aromatic heterocycles. The van der Waals surface area contributed by atoms with Gasteiger partial charge in [0.05, 0.1) is 0 Å². The summed E-state index contributed by atoms with van der Waals surface area (Å²) >= 11 is 0. The summed E-state index contributed by atoms with van der Waals surface area (Å²) in [6.07, 6.45) is 0. The Labute approximate surface area is 249 Å². The van der Waals surface area contributed by atoms with Crippen LogP contribution >= 0.6 is 0 Å². The third-order valence-electron chi connectivity index (χ3n) is 8.84. The molecule has 0 spiro atoms. The van der Waals surface area contributed by atoms with Crippen LogP contribution in [-0.2, 0) is 0 Å². The fourth-order valence-corrected chi connectivity index (χ4v) is 6.92. The quantitative estimate of drug-likeness (QED) is 0.201. The third kappa shape index (κ3) is 3.72. The van der Waals surface area contributed by atoms with Crippen molar-refractivity contribution in [2.24, 2.45) is 0 Å². The van der Waals surface area contributed by atoms with Crippen LogP contribution < -0.4 is 0 Å². The highest BCUT2D eigenvalue weighted by atomic mass is 16.3. The molecule has 43 heavy (non-hydrogen) atoms. The molecule has 0 unspecified atom stereocenters. The summed E-state index contributed by atoms with van der Waals surface area (Å²) < 4.78 is 6.15. The molecule has 0 saturated carbocycles. The number of hydrogen-bond donors (Lipinski definition) is 0. The lowest BCUT2D eigenvalue weighted by molar-refractivity contribution is 0.669. The van der Waals surface area contributed by atoms with Crippen LogP contribution in [0, 0.1) is 0 Å². The molecule has 0 radical (unpaired) electrons. The molecule has 0 aliphatic heterocycles. The Kier molecular flexibility index (Phi) is 5.27. The van der Waals surface area contributed by atoms with E-state index in [4.69, 9.17) is 4.42 Å². The zero-order valence-corrected chi connectivity index (χ0v) is 23.4. The van der Waals surface area contributed by atoms with Gasteiger partial charge < -0.3 is 4.42 Å². The van der Waals surface area contributed by atoms with E-state index in [-0.39, 0.29) is 0 Å². The van der Waals surface area contributed by atoms with Crippen molar-refractivity contribution < 1.29 is 4.42 Å². The molecule has 0 fully saturated rings. The van der Waals surface area contributed by atoms with E-state index in [0.717, 1.165) is 21.9 Å². The van der Waals surface area contributed by atoms with Crippen LogP contribution in [0.3, 0.4) is 0 Å². The second-order valence-corrected chi connectivity index (χ2v) is 11.3. The SMILES string of the molecule is c1ccc(-c2c3ccccc3c(-c3cc(-c4ccc5oc6ccccc6c5c4)cc4ccccc34)c3ccccc23)cc1. The molecule has 1 heteroatoms. The Hall–Kier alpha value is -5.66. The molecule has 0 N–H and O–H groups in total. The van der Waals surface area contributed by atoms with Crippen LogP contribution in [0.1, 0.15) is 0 Å². The maximum absolute atomic E-state index is 6.15. The van der Waals surface area contributed by atoms with Gasteiger partial charge in [-0.1, -0.05) is 127 Å². The maximum Gasteiger partial charge on any atom is 0.135 e. The van der Waals surface area contributed by atoms with Crippen LogP contribution in [0.2, 0.25) is 0 Å². The molecule has 0 atom stereocenters. The molecular weight excluding hydrogens is 520 g/mol. The monoisotopic (exact) mass is 546 g/mol. The minimum absolute atomic E-state index is 0.916. The minimum atomic E-state index is 0.916. The average Bonchev–Trinajstić information content (AvgIpc) is 3.45. The highest BCUT2D eigenvalue weighted by Gasteiger charge is 2.19. The van der Waals surface area contributed by atoms with Gasteiger partial charge in [0.15, 0.2) is 0 Å². The van der Waals surface area contributed by atoms with E-state index in [1.165, 1.54) is 65.7 Å². The van der Waals surface area contributed by atoms with Crippen LogP contribution in [0.15, 0.2) is 162 Å². The Balaban J connectivity index is 1.38. The first-order valence-corrected chi connectivity index (χ1v) is 14.8. The van der Waals surface area contributed by atoms with Gasteiger partial charge in [-0.05, 0) is 96.0 Å². The molecule has 0 aliphatic carbocycles. The topological polar surface area (TPSA) is 13.1 Å². The van der Waals surface area contributed by atoms with Gasteiger partial charge in [-0.3, -0.25) is 0 Å². The molecule has 9 aromatic rings. The molecule has 9 rings (SSSR count). The second kappa shape index (κ2) is 9.44. The largest absolute Gasteiger partial charge is 0.456 e. The van der Waals surface area contributed by atoms with Crippen molar-refractivity contribution in [3.05, 3.63) is 158 Å². The second-order valence-electron chi connectivity index (χ2n) is 11.3. The minimum Gasteiger partial charge on any atom is -0.456 e. The van der Waals surface area contributed by atoms with Crippen LogP contribution in [0.5, 0.6) is 0 Å². The summed E-state index contributed by atoms with van der Waals surface area (Å²) in [6, 6.07) is 56.9. The van der Waals surface area contributed by atoms with Crippen molar-refractivity contribution >= 4 is 54.3 Å². The van der Waals surface area contributed by atoms with Crippen LogP contribution in [0.25, 0.3) is 87.6 Å². The van der Waals surface area contributed by atoms with Crippen molar-refractivity contribution in [2.45, 2.75) is 0 Å². The maximum atomic E-state index is 6.15. The average molecular weight is 547 g/mol. The molecule has 0 aliphatic rings. The summed E-state index contributed by atoms with van der Waals surface area (Å²) in [7, 11) is 0. The zero-order chi connectivity index (χ0) is 28.3. The van der Waals surface area contributed by atoms with Gasteiger partial charge in [0.2, 0.25) is 0 Å². The summed E-state index contributed by atoms with van der Waals surface area (Å²) in [5.74, 6) is 0. The van der Waals surface area contributed by atoms with E-state index >= 15 is 0 Å². The molecule has 8 aromatic carbocycles. The lowest BCUT2D eigenvalue weighted by Crippen LogP contribution is -1.92. The van der Waals surface area contributed by atoms with Crippen LogP contribution in [-0.4, -0.2) is 0 Å². The van der Waals surface area contributed by atoms with E-state index in [2.05, 4.69) is 146 Å². The van der Waals surface area contributed by atoms with E-state index in [1.807, 2.05) is 12.1 Å². The predicted molar refractivity (Wildman–Crippen MR) is 183 cm³/mol. The number of furan rings is 1. The Bertz CT molecular complexity index is 2440. The van der Waals surface area contributed by atoms with Gasteiger partial charge in [0, 0.05) is 10.8 Å². The van der Waals surface area contributed by atoms with E-state index in [0.29, 0.717) is 0 Å². The van der Waals surface area contributed by atoms with Crippen molar-refractivity contribution in [3.63, 3.8) is 0 Å². The Morgan fingerprint density at radius 2 is 0.860 bits per heavy atom. The Morgan fingerprint density at radius 3 is 1.58 bits per heavy atom. The number of para-hydroxylation sites is 1. The summed E-state index contributed by atoms with van der Waals surface area (Å²) in [5, 5.41) is 9.83. The van der Waals surface area contributed by atoms with Crippen molar-refractivity contribution in [3.8, 4) is 33.4 Å². The number of fused-ring (bicyclic) bond motifs is 6. The van der Waals surface area contributed by atoms with E-state index in [1.54, 1.807) is 0 Å². The molecule has 0 saturated heterocycles. The van der Waals surface area contributed by atoms with Crippen molar-refractivity contribution in [2.75, 3.05) is 0 Å². The fraction of sp³-hybridized carbons (Fsp3) is 0. The van der Waals surface area contributed by atoms with Crippen molar-refractivity contribution in [1.82, 2.24) is 0 Å². The molecular formula is C42H26O. The molecule has 0 amide bonds. The van der Waals surface area contributed by atoms with Gasteiger partial charge >= 0.3 is 0 Å². The van der Waals surface area contributed by atoms with Gasteiger partial charge in [-0.2, -0.15) is 0 Å². The summed E-state index contributed by atoms with van der Waals surface area (Å²) in [4.78, 5) is 0. The lowest BCUT2D eigenvalue weighted by Gasteiger charge is -2.19. The van der Waals surface area contributed by atoms with Gasteiger partial charge in [0.25, 0.3) is 0 Å². The first-order valence-electron chi connectivity index (χ1n) is 14.8. The zero-order valence-electron chi connectivity index (χ0n) is 23.4. The van der Waals surface area contributed by atoms with Gasteiger partial charge in [0.1, 0.15) is 11.2 Å². The number of benzene rings is 8. The Morgan fingerprint density at radius 1 is 0.302 bits per heavy atom.